The summed E-state index contributed by atoms with van der Waals surface area (Å²) in [7, 11) is 3.03. The van der Waals surface area contributed by atoms with Crippen molar-refractivity contribution in [2.45, 2.75) is 25.6 Å². The molecule has 2 aromatic carbocycles. The van der Waals surface area contributed by atoms with Crippen LogP contribution in [-0.2, 0) is 22.4 Å². The molecule has 4 rings (SSSR count). The number of hydrogen-bond acceptors (Lipinski definition) is 6. The van der Waals surface area contributed by atoms with Crippen molar-refractivity contribution in [2.24, 2.45) is 4.99 Å². The molecule has 0 aliphatic carbocycles. The number of carbonyl (C=O) groups excluding carboxylic acids is 1. The second kappa shape index (κ2) is 7.31. The van der Waals surface area contributed by atoms with Crippen molar-refractivity contribution < 1.29 is 23.7 Å². The monoisotopic (exact) mass is 367 g/mol. The molecular formula is C21H21NO5. The molecule has 0 aromatic heterocycles. The summed E-state index contributed by atoms with van der Waals surface area (Å²) in [6, 6.07) is 12.0. The zero-order chi connectivity index (χ0) is 18.8. The minimum absolute atomic E-state index is 0.0580. The second-order valence-electron chi connectivity index (χ2n) is 6.50. The molecule has 2 heterocycles. The molecule has 0 fully saturated rings. The molecule has 1 atom stereocenters. The molecule has 0 amide bonds. The van der Waals surface area contributed by atoms with Gasteiger partial charge in [0, 0.05) is 18.7 Å². The minimum atomic E-state index is -0.636. The van der Waals surface area contributed by atoms with E-state index in [-0.39, 0.29) is 12.4 Å². The van der Waals surface area contributed by atoms with Crippen LogP contribution in [0, 0.1) is 0 Å². The molecule has 2 aromatic rings. The predicted octanol–water partition coefficient (Wildman–Crippen LogP) is 2.94. The molecule has 2 aliphatic rings. The van der Waals surface area contributed by atoms with Crippen LogP contribution in [0.4, 0.5) is 0 Å². The Balaban J connectivity index is 1.50. The Bertz CT molecular complexity index is 905. The van der Waals surface area contributed by atoms with Gasteiger partial charge in [0.2, 0.25) is 0 Å². The van der Waals surface area contributed by atoms with Crippen molar-refractivity contribution in [3.63, 3.8) is 0 Å². The fourth-order valence-corrected chi connectivity index (χ4v) is 3.39. The van der Waals surface area contributed by atoms with E-state index in [0.29, 0.717) is 17.9 Å². The van der Waals surface area contributed by atoms with E-state index < -0.39 is 6.29 Å². The maximum atomic E-state index is 11.4. The van der Waals surface area contributed by atoms with Gasteiger partial charge in [0.15, 0.2) is 11.5 Å². The Labute approximate surface area is 157 Å². The van der Waals surface area contributed by atoms with Crippen LogP contribution in [0.15, 0.2) is 41.4 Å². The van der Waals surface area contributed by atoms with Crippen LogP contribution < -0.4 is 14.2 Å². The first kappa shape index (κ1) is 17.4. The molecule has 0 radical (unpaired) electrons. The smallest absolute Gasteiger partial charge is 0.313 e. The van der Waals surface area contributed by atoms with Crippen LogP contribution in [0.1, 0.15) is 23.1 Å². The van der Waals surface area contributed by atoms with E-state index in [2.05, 4.69) is 16.9 Å². The molecule has 0 N–H and O–H groups in total. The van der Waals surface area contributed by atoms with Gasteiger partial charge in [-0.1, -0.05) is 6.07 Å². The first-order valence-corrected chi connectivity index (χ1v) is 8.90. The van der Waals surface area contributed by atoms with Crippen molar-refractivity contribution >= 4 is 11.7 Å². The van der Waals surface area contributed by atoms with Crippen LogP contribution in [0.2, 0.25) is 0 Å². The minimum Gasteiger partial charge on any atom is -0.497 e. The molecular weight excluding hydrogens is 346 g/mol. The number of carbonyl (C=O) groups is 1. The maximum Gasteiger partial charge on any atom is 0.313 e. The van der Waals surface area contributed by atoms with Crippen LogP contribution >= 0.6 is 0 Å². The van der Waals surface area contributed by atoms with Gasteiger partial charge in [-0.2, -0.15) is 0 Å². The summed E-state index contributed by atoms with van der Waals surface area (Å²) < 4.78 is 21.4. The van der Waals surface area contributed by atoms with E-state index in [1.165, 1.54) is 18.2 Å². The van der Waals surface area contributed by atoms with Crippen LogP contribution in [0.25, 0.3) is 0 Å². The summed E-state index contributed by atoms with van der Waals surface area (Å²) >= 11 is 0. The molecule has 0 saturated carbocycles. The van der Waals surface area contributed by atoms with Crippen molar-refractivity contribution in [1.29, 1.82) is 0 Å². The summed E-state index contributed by atoms with van der Waals surface area (Å²) in [4.78, 5) is 16.1. The number of benzene rings is 2. The number of rotatable bonds is 5. The standard InChI is InChI=1S/C21H21NO5/c1-24-15-4-5-16-14(11-15)7-8-22-17(16)9-13-3-6-18-19(10-13)27-21(26-18)12-20(23)25-2/h3-6,10-11,21H,7-9,12H2,1-2H3. The highest BCUT2D eigenvalue weighted by molar-refractivity contribution is 6.04. The number of esters is 1. The topological polar surface area (TPSA) is 66.4 Å². The Hall–Kier alpha value is -3.02. The molecule has 0 spiro atoms. The van der Waals surface area contributed by atoms with E-state index in [1.807, 2.05) is 24.3 Å². The normalized spacial score (nSPS) is 17.1. The van der Waals surface area contributed by atoms with Gasteiger partial charge in [-0.15, -0.1) is 0 Å². The molecule has 2 aliphatic heterocycles. The van der Waals surface area contributed by atoms with Crippen molar-refractivity contribution in [2.75, 3.05) is 20.8 Å². The lowest BCUT2D eigenvalue weighted by molar-refractivity contribution is -0.145. The zero-order valence-corrected chi connectivity index (χ0v) is 15.4. The van der Waals surface area contributed by atoms with Crippen molar-refractivity contribution in [3.8, 4) is 17.2 Å². The maximum absolute atomic E-state index is 11.4. The predicted molar refractivity (Wildman–Crippen MR) is 99.9 cm³/mol. The van der Waals surface area contributed by atoms with Crippen LogP contribution in [0.5, 0.6) is 17.2 Å². The molecule has 0 saturated heterocycles. The van der Waals surface area contributed by atoms with E-state index in [4.69, 9.17) is 19.2 Å². The summed E-state index contributed by atoms with van der Waals surface area (Å²) in [5.41, 5.74) is 4.57. The average Bonchev–Trinajstić information content (AvgIpc) is 3.09. The fourth-order valence-electron chi connectivity index (χ4n) is 3.39. The lowest BCUT2D eigenvalue weighted by Gasteiger charge is -2.18. The first-order chi connectivity index (χ1) is 13.2. The van der Waals surface area contributed by atoms with Gasteiger partial charge in [0.25, 0.3) is 6.29 Å². The molecule has 6 nitrogen and oxygen atoms in total. The number of hydrogen-bond donors (Lipinski definition) is 0. The van der Waals surface area contributed by atoms with Gasteiger partial charge >= 0.3 is 5.97 Å². The second-order valence-corrected chi connectivity index (χ2v) is 6.50. The lowest BCUT2D eigenvalue weighted by Crippen LogP contribution is -2.22. The van der Waals surface area contributed by atoms with Gasteiger partial charge in [-0.05, 0) is 53.4 Å². The summed E-state index contributed by atoms with van der Waals surface area (Å²) in [6.45, 7) is 0.779. The highest BCUT2D eigenvalue weighted by atomic mass is 16.7. The van der Waals surface area contributed by atoms with E-state index in [9.17, 15) is 4.79 Å². The summed E-state index contributed by atoms with van der Waals surface area (Å²) in [5, 5.41) is 0. The number of fused-ring (bicyclic) bond motifs is 2. The Morgan fingerprint density at radius 3 is 2.81 bits per heavy atom. The molecule has 0 bridgehead atoms. The average molecular weight is 367 g/mol. The quantitative estimate of drug-likeness (QED) is 0.760. The molecule has 1 unspecified atom stereocenters. The van der Waals surface area contributed by atoms with Crippen molar-refractivity contribution in [3.05, 3.63) is 53.1 Å². The van der Waals surface area contributed by atoms with Crippen molar-refractivity contribution in [1.82, 2.24) is 0 Å². The highest BCUT2D eigenvalue weighted by Crippen LogP contribution is 2.36. The van der Waals surface area contributed by atoms with Gasteiger partial charge in [0.05, 0.1) is 14.2 Å². The highest BCUT2D eigenvalue weighted by Gasteiger charge is 2.27. The number of aliphatic imine (C=N–C) groups is 1. The van der Waals surface area contributed by atoms with Crippen LogP contribution in [0.3, 0.4) is 0 Å². The number of ether oxygens (including phenoxy) is 4. The van der Waals surface area contributed by atoms with E-state index in [1.54, 1.807) is 7.11 Å². The first-order valence-electron chi connectivity index (χ1n) is 8.90. The molecule has 140 valence electrons. The third-order valence-electron chi connectivity index (χ3n) is 4.76. The number of nitrogens with zero attached hydrogens (tertiary/aromatic N) is 1. The Kier molecular flexibility index (Phi) is 4.71. The summed E-state index contributed by atoms with van der Waals surface area (Å²) in [6.07, 6.45) is 1.05. The third-order valence-corrected chi connectivity index (χ3v) is 4.76. The molecule has 27 heavy (non-hydrogen) atoms. The van der Waals surface area contributed by atoms with Crippen LogP contribution in [-0.4, -0.2) is 38.7 Å². The largest absolute Gasteiger partial charge is 0.497 e. The fraction of sp³-hybridized carbons (Fsp3) is 0.333. The third kappa shape index (κ3) is 3.60. The van der Waals surface area contributed by atoms with Gasteiger partial charge in [0.1, 0.15) is 12.2 Å². The van der Waals surface area contributed by atoms with Gasteiger partial charge in [-0.25, -0.2) is 0 Å². The summed E-state index contributed by atoms with van der Waals surface area (Å²) in [5.74, 6) is 1.79. The van der Waals surface area contributed by atoms with E-state index >= 15 is 0 Å². The van der Waals surface area contributed by atoms with Gasteiger partial charge < -0.3 is 18.9 Å². The Morgan fingerprint density at radius 1 is 1.15 bits per heavy atom. The van der Waals surface area contributed by atoms with Gasteiger partial charge in [-0.3, -0.25) is 9.79 Å². The lowest BCUT2D eigenvalue weighted by atomic mass is 9.93. The SMILES string of the molecule is COC(=O)CC1Oc2ccc(CC3=NCCc4cc(OC)ccc43)cc2O1. The Morgan fingerprint density at radius 2 is 2.00 bits per heavy atom. The van der Waals surface area contributed by atoms with E-state index in [0.717, 1.165) is 30.0 Å². The zero-order valence-electron chi connectivity index (χ0n) is 15.4. The molecule has 6 heteroatoms. The number of methoxy groups -OCH3 is 2.